The Morgan fingerprint density at radius 1 is 0.357 bits per heavy atom. The van der Waals surface area contributed by atoms with Crippen molar-refractivity contribution >= 4 is 76.5 Å². The molecule has 0 N–H and O–H groups in total. The number of hydrogen-bond donors (Lipinski definition) is 0. The van der Waals surface area contributed by atoms with E-state index in [1.165, 1.54) is 66.1 Å². The van der Waals surface area contributed by atoms with Gasteiger partial charge in [-0.1, -0.05) is 233 Å². The van der Waals surface area contributed by atoms with Gasteiger partial charge in [0.05, 0.1) is 11.0 Å². The zero-order valence-corrected chi connectivity index (χ0v) is 47.0. The zero-order chi connectivity index (χ0) is 56.0. The van der Waals surface area contributed by atoms with Crippen molar-refractivity contribution in [3.63, 3.8) is 0 Å². The van der Waals surface area contributed by atoms with Crippen molar-refractivity contribution in [2.75, 3.05) is 0 Å². The van der Waals surface area contributed by atoms with Gasteiger partial charge in [0.1, 0.15) is 0 Å². The maximum Gasteiger partial charge on any atom is 0.238 e. The van der Waals surface area contributed by atoms with E-state index >= 15 is 0 Å². The molecule has 0 aliphatic heterocycles. The van der Waals surface area contributed by atoms with Crippen LogP contribution in [0.3, 0.4) is 0 Å². The molecule has 1 atom stereocenters. The Morgan fingerprint density at radius 3 is 1.71 bits per heavy atom. The first-order chi connectivity index (χ1) is 41.2. The minimum absolute atomic E-state index is 0.156. The fourth-order valence-electron chi connectivity index (χ4n) is 14.1. The summed E-state index contributed by atoms with van der Waals surface area (Å²) in [6.45, 7) is 7.06. The molecule has 17 rings (SSSR count). The molecule has 0 radical (unpaired) electrons. The van der Waals surface area contributed by atoms with E-state index in [0.29, 0.717) is 29.2 Å². The summed E-state index contributed by atoms with van der Waals surface area (Å²) in [6.07, 6.45) is 0.755. The standard InChI is InChI=1S/C76H50ClN7/c1-75(2)61-33-16-15-29-59(61)65-56(30-18-34-63(65)75)58-31-17-32-60-66-55-27-13-11-25-53(55)54-26-12-14-28-57(54)68(66)84(67(58)60)74-82-70(48-36-35-44-19-7-8-22-46(44)39-48)79-71(83-74)49-37-38-62-64(42-49)76(62,3)43-51-41-50(40-47-23-9-10-24-52(47)51)72-78-69(80-73(77)81-72)45-20-5-4-6-21-45/h4-42H,43H2,1-3H3/t76-/m1/s1. The van der Waals surface area contributed by atoms with E-state index in [4.69, 9.17) is 31.5 Å². The lowest BCUT2D eigenvalue weighted by Gasteiger charge is -2.21. The molecule has 0 saturated carbocycles. The number of para-hydroxylation sites is 1. The minimum atomic E-state index is -0.270. The van der Waals surface area contributed by atoms with Gasteiger partial charge < -0.3 is 0 Å². The van der Waals surface area contributed by atoms with E-state index in [-0.39, 0.29) is 16.1 Å². The predicted octanol–water partition coefficient (Wildman–Crippen LogP) is 18.9. The van der Waals surface area contributed by atoms with Crippen LogP contribution >= 0.6 is 11.6 Å². The second-order valence-corrected chi connectivity index (χ2v) is 23.7. The summed E-state index contributed by atoms with van der Waals surface area (Å²) >= 11 is 6.65. The van der Waals surface area contributed by atoms with Gasteiger partial charge in [0.25, 0.3) is 0 Å². The Balaban J connectivity index is 0.879. The molecule has 3 aromatic heterocycles. The van der Waals surface area contributed by atoms with Crippen LogP contribution in [0, 0.1) is 0 Å². The topological polar surface area (TPSA) is 82.3 Å². The van der Waals surface area contributed by atoms with E-state index in [0.717, 1.165) is 77.6 Å². The van der Waals surface area contributed by atoms with Gasteiger partial charge in [-0.25, -0.2) is 9.97 Å². The normalized spacial score (nSPS) is 14.9. The molecule has 0 amide bonds. The third-order valence-electron chi connectivity index (χ3n) is 18.2. The molecule has 7 nitrogen and oxygen atoms in total. The molecule has 84 heavy (non-hydrogen) atoms. The van der Waals surface area contributed by atoms with Crippen molar-refractivity contribution in [3.8, 4) is 73.8 Å². The smallest absolute Gasteiger partial charge is 0.238 e. The lowest BCUT2D eigenvalue weighted by molar-refractivity contribution is 0.660. The molecule has 2 aliphatic carbocycles. The largest absolute Gasteiger partial charge is 0.277 e. The third kappa shape index (κ3) is 7.31. The number of hydrogen-bond acceptors (Lipinski definition) is 6. The van der Waals surface area contributed by atoms with Crippen LogP contribution in [0.4, 0.5) is 0 Å². The minimum Gasteiger partial charge on any atom is -0.277 e. The Hall–Kier alpha value is -10.2. The summed E-state index contributed by atoms with van der Waals surface area (Å²) in [5.41, 5.74) is 16.5. The highest BCUT2D eigenvalue weighted by Gasteiger charge is 2.46. The van der Waals surface area contributed by atoms with Crippen molar-refractivity contribution in [3.05, 3.63) is 270 Å². The fourth-order valence-corrected chi connectivity index (χ4v) is 14.3. The Labute approximate surface area is 489 Å². The third-order valence-corrected chi connectivity index (χ3v) is 18.4. The van der Waals surface area contributed by atoms with E-state index < -0.39 is 0 Å². The Bertz CT molecular complexity index is 5320. The van der Waals surface area contributed by atoms with Crippen molar-refractivity contribution in [2.45, 2.75) is 38.0 Å². The van der Waals surface area contributed by atoms with Crippen molar-refractivity contribution in [1.82, 2.24) is 34.5 Å². The van der Waals surface area contributed by atoms with Gasteiger partial charge in [0.2, 0.25) is 11.2 Å². The molecule has 3 heterocycles. The quantitative estimate of drug-likeness (QED) is 0.141. The van der Waals surface area contributed by atoms with Crippen LogP contribution in [0.1, 0.15) is 48.6 Å². The summed E-state index contributed by atoms with van der Waals surface area (Å²) in [5, 5.41) is 11.7. The first-order valence-corrected chi connectivity index (χ1v) is 29.0. The molecule has 0 fully saturated rings. The average molecular weight is 1100 g/mol. The first-order valence-electron chi connectivity index (χ1n) is 28.7. The molecule has 396 valence electrons. The van der Waals surface area contributed by atoms with Crippen LogP contribution in [-0.4, -0.2) is 34.5 Å². The second-order valence-electron chi connectivity index (χ2n) is 23.3. The van der Waals surface area contributed by atoms with E-state index in [2.05, 4.69) is 242 Å². The molecule has 0 saturated heterocycles. The van der Waals surface area contributed by atoms with Crippen LogP contribution in [0.15, 0.2) is 237 Å². The van der Waals surface area contributed by atoms with Gasteiger partial charge in [-0.2, -0.15) is 19.9 Å². The van der Waals surface area contributed by atoms with E-state index in [9.17, 15) is 0 Å². The second kappa shape index (κ2) is 18.1. The maximum atomic E-state index is 6.65. The molecule has 15 aromatic rings. The van der Waals surface area contributed by atoms with E-state index in [1.807, 2.05) is 30.3 Å². The van der Waals surface area contributed by atoms with Crippen LogP contribution < -0.4 is 0 Å². The Morgan fingerprint density at radius 2 is 0.917 bits per heavy atom. The number of halogens is 1. The summed E-state index contributed by atoms with van der Waals surface area (Å²) in [5.74, 6) is 2.82. The lowest BCUT2D eigenvalue weighted by atomic mass is 9.82. The highest BCUT2D eigenvalue weighted by molar-refractivity contribution is 6.33. The van der Waals surface area contributed by atoms with Crippen LogP contribution in [0.25, 0.3) is 139 Å². The number of benzene rings is 12. The first kappa shape index (κ1) is 48.5. The van der Waals surface area contributed by atoms with Crippen molar-refractivity contribution in [1.29, 1.82) is 0 Å². The van der Waals surface area contributed by atoms with Crippen molar-refractivity contribution in [2.24, 2.45) is 0 Å². The molecular formula is C76H50ClN7. The van der Waals surface area contributed by atoms with Gasteiger partial charge in [0, 0.05) is 54.8 Å². The molecule has 2 aliphatic rings. The highest BCUT2D eigenvalue weighted by atomic mass is 35.5. The number of rotatable bonds is 8. The van der Waals surface area contributed by atoms with E-state index in [1.54, 1.807) is 0 Å². The predicted molar refractivity (Wildman–Crippen MR) is 344 cm³/mol. The SMILES string of the molecule is CC1(C)c2ccccc2-c2c(-c3cccc4c5c6ccccc6c6ccccc6c5n(-c5nc(-c6ccc7c(c6)[C@]7(C)Cc6cc(-c7nc(Cl)nc(-c8ccccc8)n7)cc7ccccc67)nc(-c6ccc7ccccc7c6)n5)c34)cccc21. The van der Waals surface area contributed by atoms with Gasteiger partial charge in [-0.3, -0.25) is 4.57 Å². The summed E-state index contributed by atoms with van der Waals surface area (Å²) in [6, 6.07) is 84.9. The lowest BCUT2D eigenvalue weighted by Crippen LogP contribution is -2.14. The fraction of sp³-hybridized carbons (Fsp3) is 0.0789. The molecule has 0 unspecified atom stereocenters. The summed E-state index contributed by atoms with van der Waals surface area (Å²) < 4.78 is 2.37. The van der Waals surface area contributed by atoms with Gasteiger partial charge >= 0.3 is 0 Å². The maximum absolute atomic E-state index is 6.65. The Kier molecular flexibility index (Phi) is 10.5. The zero-order valence-electron chi connectivity index (χ0n) is 46.2. The van der Waals surface area contributed by atoms with Crippen LogP contribution in [0.5, 0.6) is 0 Å². The summed E-state index contributed by atoms with van der Waals surface area (Å²) in [4.78, 5) is 31.0. The molecule has 0 bridgehead atoms. The number of nitrogens with zero attached hydrogens (tertiary/aromatic N) is 7. The molecule has 0 spiro atoms. The number of fused-ring (bicyclic) bond motifs is 14. The van der Waals surface area contributed by atoms with Crippen LogP contribution in [-0.2, 0) is 17.3 Å². The van der Waals surface area contributed by atoms with Crippen molar-refractivity contribution < 1.29 is 0 Å². The van der Waals surface area contributed by atoms with Crippen LogP contribution in [0.2, 0.25) is 5.28 Å². The molecule has 12 aromatic carbocycles. The van der Waals surface area contributed by atoms with Gasteiger partial charge in [-0.05, 0) is 124 Å². The van der Waals surface area contributed by atoms with Gasteiger partial charge in [0.15, 0.2) is 23.3 Å². The number of aromatic nitrogens is 7. The average Bonchev–Trinajstić information content (AvgIpc) is 1.97. The molecular weight excluding hydrogens is 1050 g/mol. The van der Waals surface area contributed by atoms with Gasteiger partial charge in [-0.15, -0.1) is 0 Å². The molecule has 8 heteroatoms. The monoisotopic (exact) mass is 1100 g/mol. The summed E-state index contributed by atoms with van der Waals surface area (Å²) in [7, 11) is 0. The highest BCUT2D eigenvalue weighted by Crippen LogP contribution is 2.56.